The molecule has 0 unspecified atom stereocenters. The molecule has 0 saturated heterocycles. The standard InChI is InChI=1S/C17H16ClN3O5/c1-2-26-15-9-14(21(24)25)8-12(17(15)23)10-19-20-16(22)7-11-3-5-13(18)6-4-11/h3-6,8-10,23H,2,7H2,1H3,(H,20,22)/b19-10+. The van der Waals surface area contributed by atoms with Crippen LogP contribution in [0.15, 0.2) is 41.5 Å². The molecule has 8 nitrogen and oxygen atoms in total. The predicted octanol–water partition coefficient (Wildman–Crippen LogP) is 3.05. The number of halogens is 1. The first kappa shape index (κ1) is 19.2. The number of carbonyl (C=O) groups is 1. The number of rotatable bonds is 7. The van der Waals surface area contributed by atoms with Crippen molar-refractivity contribution in [2.45, 2.75) is 13.3 Å². The monoisotopic (exact) mass is 377 g/mol. The van der Waals surface area contributed by atoms with Crippen molar-refractivity contribution in [3.8, 4) is 11.5 Å². The molecule has 0 spiro atoms. The van der Waals surface area contributed by atoms with Crippen LogP contribution in [0.2, 0.25) is 5.02 Å². The van der Waals surface area contributed by atoms with E-state index >= 15 is 0 Å². The van der Waals surface area contributed by atoms with Crippen molar-refractivity contribution in [2.24, 2.45) is 5.10 Å². The van der Waals surface area contributed by atoms with E-state index in [4.69, 9.17) is 16.3 Å². The van der Waals surface area contributed by atoms with Gasteiger partial charge in [-0.1, -0.05) is 23.7 Å². The number of ether oxygens (including phenoxy) is 1. The highest BCUT2D eigenvalue weighted by Gasteiger charge is 2.16. The number of benzene rings is 2. The molecule has 0 radical (unpaired) electrons. The van der Waals surface area contributed by atoms with Crippen LogP contribution in [0.25, 0.3) is 0 Å². The second kappa shape index (κ2) is 8.82. The van der Waals surface area contributed by atoms with E-state index < -0.39 is 10.8 Å². The molecule has 9 heteroatoms. The van der Waals surface area contributed by atoms with Gasteiger partial charge in [-0.3, -0.25) is 14.9 Å². The molecule has 0 aliphatic rings. The van der Waals surface area contributed by atoms with Crippen LogP contribution in [-0.4, -0.2) is 28.8 Å². The minimum Gasteiger partial charge on any atom is -0.504 e. The fourth-order valence-electron chi connectivity index (χ4n) is 2.08. The molecule has 2 rings (SSSR count). The van der Waals surface area contributed by atoms with E-state index in [0.717, 1.165) is 23.9 Å². The number of hydrogen-bond acceptors (Lipinski definition) is 6. The van der Waals surface area contributed by atoms with Crippen molar-refractivity contribution in [1.29, 1.82) is 0 Å². The van der Waals surface area contributed by atoms with Gasteiger partial charge in [0.05, 0.1) is 30.2 Å². The molecule has 0 aliphatic carbocycles. The van der Waals surface area contributed by atoms with Crippen molar-refractivity contribution in [2.75, 3.05) is 6.61 Å². The quantitative estimate of drug-likeness (QED) is 0.437. The predicted molar refractivity (Wildman–Crippen MR) is 96.8 cm³/mol. The summed E-state index contributed by atoms with van der Waals surface area (Å²) in [5.74, 6) is -0.720. The minimum absolute atomic E-state index is 0.0318. The molecule has 0 atom stereocenters. The Bertz CT molecular complexity index is 837. The number of carbonyl (C=O) groups excluding carboxylic acids is 1. The van der Waals surface area contributed by atoms with Crippen LogP contribution in [0.3, 0.4) is 0 Å². The average Bonchev–Trinajstić information content (AvgIpc) is 2.60. The number of aromatic hydroxyl groups is 1. The SMILES string of the molecule is CCOc1cc([N+](=O)[O-])cc(/C=N/NC(=O)Cc2ccc(Cl)cc2)c1O. The summed E-state index contributed by atoms with van der Waals surface area (Å²) in [5.41, 5.74) is 2.83. The third-order valence-corrected chi connectivity index (χ3v) is 3.52. The number of nitro groups is 1. The fourth-order valence-corrected chi connectivity index (χ4v) is 2.21. The van der Waals surface area contributed by atoms with E-state index in [1.165, 1.54) is 0 Å². The van der Waals surface area contributed by atoms with Gasteiger partial charge in [0.25, 0.3) is 5.69 Å². The zero-order valence-electron chi connectivity index (χ0n) is 13.8. The largest absolute Gasteiger partial charge is 0.504 e. The van der Waals surface area contributed by atoms with Gasteiger partial charge >= 0.3 is 0 Å². The first-order valence-corrected chi connectivity index (χ1v) is 7.99. The molecular weight excluding hydrogens is 362 g/mol. The Hall–Kier alpha value is -3.13. The summed E-state index contributed by atoms with van der Waals surface area (Å²) in [7, 11) is 0. The maximum atomic E-state index is 11.9. The summed E-state index contributed by atoms with van der Waals surface area (Å²) in [5, 5.41) is 25.4. The lowest BCUT2D eigenvalue weighted by atomic mass is 10.1. The van der Waals surface area contributed by atoms with Gasteiger partial charge in [-0.05, 0) is 24.6 Å². The Morgan fingerprint density at radius 2 is 2.08 bits per heavy atom. The van der Waals surface area contributed by atoms with Gasteiger partial charge in [0, 0.05) is 16.7 Å². The summed E-state index contributed by atoms with van der Waals surface area (Å²) in [6.45, 7) is 1.91. The molecule has 2 aromatic carbocycles. The molecule has 0 saturated carbocycles. The van der Waals surface area contributed by atoms with Crippen molar-refractivity contribution in [3.63, 3.8) is 0 Å². The van der Waals surface area contributed by atoms with Crippen LogP contribution in [0.1, 0.15) is 18.1 Å². The van der Waals surface area contributed by atoms with E-state index in [1.54, 1.807) is 31.2 Å². The highest BCUT2D eigenvalue weighted by Crippen LogP contribution is 2.33. The molecular formula is C17H16ClN3O5. The van der Waals surface area contributed by atoms with E-state index in [2.05, 4.69) is 10.5 Å². The number of phenols is 1. The van der Waals surface area contributed by atoms with Gasteiger partial charge in [-0.2, -0.15) is 5.10 Å². The molecule has 136 valence electrons. The molecule has 0 aliphatic heterocycles. The summed E-state index contributed by atoms with van der Waals surface area (Å²) >= 11 is 5.78. The number of nitro benzene ring substituents is 1. The fraction of sp³-hybridized carbons (Fsp3) is 0.176. The lowest BCUT2D eigenvalue weighted by Gasteiger charge is -2.08. The first-order chi connectivity index (χ1) is 12.4. The molecule has 26 heavy (non-hydrogen) atoms. The normalized spacial score (nSPS) is 10.7. The molecule has 0 aromatic heterocycles. The lowest BCUT2D eigenvalue weighted by Crippen LogP contribution is -2.19. The Morgan fingerprint density at radius 1 is 1.38 bits per heavy atom. The smallest absolute Gasteiger partial charge is 0.274 e. The van der Waals surface area contributed by atoms with Gasteiger partial charge in [-0.15, -0.1) is 0 Å². The van der Waals surface area contributed by atoms with Crippen molar-refractivity contribution in [3.05, 3.63) is 62.7 Å². The van der Waals surface area contributed by atoms with Gasteiger partial charge in [0.15, 0.2) is 11.5 Å². The summed E-state index contributed by atoms with van der Waals surface area (Å²) in [6, 6.07) is 9.02. The van der Waals surface area contributed by atoms with Crippen LogP contribution >= 0.6 is 11.6 Å². The highest BCUT2D eigenvalue weighted by atomic mass is 35.5. The molecule has 2 N–H and O–H groups in total. The topological polar surface area (TPSA) is 114 Å². The number of non-ortho nitro benzene ring substituents is 1. The number of nitrogens with zero attached hydrogens (tertiary/aromatic N) is 2. The molecule has 0 fully saturated rings. The van der Waals surface area contributed by atoms with Gasteiger partial charge in [0.1, 0.15) is 0 Å². The lowest BCUT2D eigenvalue weighted by molar-refractivity contribution is -0.385. The Kier molecular flexibility index (Phi) is 6.51. The summed E-state index contributed by atoms with van der Waals surface area (Å²) in [4.78, 5) is 22.2. The summed E-state index contributed by atoms with van der Waals surface area (Å²) in [6.07, 6.45) is 1.20. The summed E-state index contributed by atoms with van der Waals surface area (Å²) < 4.78 is 5.17. The van der Waals surface area contributed by atoms with E-state index in [0.29, 0.717) is 5.02 Å². The van der Waals surface area contributed by atoms with Crippen LogP contribution in [0, 0.1) is 10.1 Å². The van der Waals surface area contributed by atoms with Gasteiger partial charge in [-0.25, -0.2) is 5.43 Å². The van der Waals surface area contributed by atoms with Gasteiger partial charge < -0.3 is 9.84 Å². The van der Waals surface area contributed by atoms with Crippen molar-refractivity contribution >= 4 is 29.4 Å². The zero-order chi connectivity index (χ0) is 19.1. The number of amides is 1. The first-order valence-electron chi connectivity index (χ1n) is 7.61. The molecule has 1 amide bonds. The number of hydrazone groups is 1. The Balaban J connectivity index is 2.10. The number of hydrogen-bond donors (Lipinski definition) is 2. The molecule has 2 aromatic rings. The maximum absolute atomic E-state index is 11.9. The average molecular weight is 378 g/mol. The second-order valence-corrected chi connectivity index (χ2v) is 5.60. The molecule has 0 heterocycles. The third kappa shape index (κ3) is 5.18. The highest BCUT2D eigenvalue weighted by molar-refractivity contribution is 6.30. The Labute approximate surface area is 154 Å². The van der Waals surface area contributed by atoms with E-state index in [9.17, 15) is 20.0 Å². The van der Waals surface area contributed by atoms with Gasteiger partial charge in [0.2, 0.25) is 5.91 Å². The van der Waals surface area contributed by atoms with E-state index in [-0.39, 0.29) is 35.8 Å². The number of nitrogens with one attached hydrogen (secondary N) is 1. The maximum Gasteiger partial charge on any atom is 0.274 e. The van der Waals surface area contributed by atoms with Crippen LogP contribution in [0.5, 0.6) is 11.5 Å². The second-order valence-electron chi connectivity index (χ2n) is 5.17. The minimum atomic E-state index is -0.613. The Morgan fingerprint density at radius 3 is 2.69 bits per heavy atom. The van der Waals surface area contributed by atoms with E-state index in [1.807, 2.05) is 0 Å². The van der Waals surface area contributed by atoms with Crippen molar-refractivity contribution < 1.29 is 19.6 Å². The van der Waals surface area contributed by atoms with Crippen LogP contribution in [-0.2, 0) is 11.2 Å². The number of phenolic OH excluding ortho intramolecular Hbond substituents is 1. The zero-order valence-corrected chi connectivity index (χ0v) is 14.6. The van der Waals surface area contributed by atoms with Crippen molar-refractivity contribution in [1.82, 2.24) is 5.43 Å². The van der Waals surface area contributed by atoms with Crippen LogP contribution < -0.4 is 10.2 Å². The molecule has 0 bridgehead atoms. The third-order valence-electron chi connectivity index (χ3n) is 3.27. The van der Waals surface area contributed by atoms with Crippen LogP contribution in [0.4, 0.5) is 5.69 Å².